The summed E-state index contributed by atoms with van der Waals surface area (Å²) < 4.78 is 94.7. The molecule has 0 radical (unpaired) electrons. The van der Waals surface area contributed by atoms with Crippen LogP contribution in [0.3, 0.4) is 0 Å². The Morgan fingerprint density at radius 1 is 1.16 bits per heavy atom. The van der Waals surface area contributed by atoms with Crippen LogP contribution in [0.2, 0.25) is 5.02 Å². The Balaban J connectivity index is 2.21. The van der Waals surface area contributed by atoms with E-state index < -0.39 is 41.7 Å². The van der Waals surface area contributed by atoms with Gasteiger partial charge in [-0.25, -0.2) is 13.2 Å². The van der Waals surface area contributed by atoms with Crippen LogP contribution in [-0.4, -0.2) is 17.5 Å². The van der Waals surface area contributed by atoms with Crippen LogP contribution in [0.1, 0.15) is 30.5 Å². The SMILES string of the molecule is C/C(=C\C(F)=C/CC(Cc1ccc(F)c(F)c1)c1ccc(Cl)cn1)OC(F)(F)C(F)F. The highest BCUT2D eigenvalue weighted by Gasteiger charge is 2.43. The summed E-state index contributed by atoms with van der Waals surface area (Å²) in [5.74, 6) is -4.33. The van der Waals surface area contributed by atoms with E-state index in [2.05, 4.69) is 9.72 Å². The minimum atomic E-state index is -4.75. The number of rotatable bonds is 9. The average molecular weight is 468 g/mol. The standard InChI is InChI=1S/C21H17ClF7NO/c1-12(31-21(28,29)20(26)27)8-16(23)5-3-14(19-7-4-15(22)11-30-19)9-13-2-6-17(24)18(25)10-13/h2,4-8,10-11,14,20H,3,9H2,1H3/b12-8+,16-5+. The molecule has 2 rings (SSSR count). The Kier molecular flexibility index (Phi) is 8.50. The van der Waals surface area contributed by atoms with Crippen LogP contribution >= 0.6 is 11.6 Å². The van der Waals surface area contributed by atoms with Crippen molar-refractivity contribution in [2.45, 2.75) is 38.2 Å². The Hall–Kier alpha value is -2.55. The molecule has 1 aromatic heterocycles. The van der Waals surface area contributed by atoms with E-state index in [1.54, 1.807) is 12.1 Å². The van der Waals surface area contributed by atoms with Crippen LogP contribution in [0.4, 0.5) is 30.7 Å². The van der Waals surface area contributed by atoms with Crippen molar-refractivity contribution in [3.05, 3.63) is 88.2 Å². The molecule has 1 heterocycles. The number of ether oxygens (including phenoxy) is 1. The first-order valence-corrected chi connectivity index (χ1v) is 9.30. The minimum absolute atomic E-state index is 0.0194. The number of benzene rings is 1. The Labute approximate surface area is 179 Å². The first-order valence-electron chi connectivity index (χ1n) is 8.92. The number of aromatic nitrogens is 1. The maximum absolute atomic E-state index is 14.1. The lowest BCUT2D eigenvalue weighted by atomic mass is 9.92. The molecule has 0 bridgehead atoms. The quantitative estimate of drug-likeness (QED) is 0.218. The summed E-state index contributed by atoms with van der Waals surface area (Å²) in [6.07, 6.45) is -5.76. The molecule has 0 aliphatic carbocycles. The van der Waals surface area contributed by atoms with Gasteiger partial charge in [0, 0.05) is 23.9 Å². The van der Waals surface area contributed by atoms with E-state index in [0.717, 1.165) is 25.1 Å². The van der Waals surface area contributed by atoms with E-state index in [-0.39, 0.29) is 12.8 Å². The fraction of sp³-hybridized carbons (Fsp3) is 0.286. The highest BCUT2D eigenvalue weighted by atomic mass is 35.5. The zero-order valence-electron chi connectivity index (χ0n) is 16.1. The molecule has 0 N–H and O–H groups in total. The first-order chi connectivity index (χ1) is 14.5. The molecule has 0 saturated heterocycles. The predicted molar refractivity (Wildman–Crippen MR) is 102 cm³/mol. The molecule has 10 heteroatoms. The monoisotopic (exact) mass is 467 g/mol. The van der Waals surface area contributed by atoms with Gasteiger partial charge in [-0.1, -0.05) is 17.7 Å². The number of allylic oxidation sites excluding steroid dienone is 4. The van der Waals surface area contributed by atoms with Gasteiger partial charge < -0.3 is 4.74 Å². The number of hydrogen-bond acceptors (Lipinski definition) is 2. The van der Waals surface area contributed by atoms with Gasteiger partial charge in [0.05, 0.1) is 5.02 Å². The van der Waals surface area contributed by atoms with Gasteiger partial charge in [0.15, 0.2) is 11.6 Å². The maximum Gasteiger partial charge on any atom is 0.460 e. The van der Waals surface area contributed by atoms with Crippen LogP contribution in [0.5, 0.6) is 0 Å². The number of pyridine rings is 1. The van der Waals surface area contributed by atoms with Crippen LogP contribution in [0.15, 0.2) is 60.3 Å². The summed E-state index contributed by atoms with van der Waals surface area (Å²) in [6, 6.07) is 6.45. The predicted octanol–water partition coefficient (Wildman–Crippen LogP) is 7.36. The third-order valence-corrected chi connectivity index (χ3v) is 4.35. The van der Waals surface area contributed by atoms with Crippen molar-refractivity contribution < 1.29 is 35.5 Å². The molecule has 2 nitrogen and oxygen atoms in total. The van der Waals surface area contributed by atoms with Crippen molar-refractivity contribution >= 4 is 11.6 Å². The first kappa shape index (κ1) is 24.7. The molecule has 1 aromatic carbocycles. The van der Waals surface area contributed by atoms with Gasteiger partial charge in [0.1, 0.15) is 11.6 Å². The number of halogens is 8. The highest BCUT2D eigenvalue weighted by Crippen LogP contribution is 2.29. The Morgan fingerprint density at radius 3 is 2.45 bits per heavy atom. The van der Waals surface area contributed by atoms with Crippen molar-refractivity contribution in [1.29, 1.82) is 0 Å². The van der Waals surface area contributed by atoms with Crippen molar-refractivity contribution in [1.82, 2.24) is 4.98 Å². The number of alkyl halides is 4. The third-order valence-electron chi connectivity index (χ3n) is 4.12. The highest BCUT2D eigenvalue weighted by molar-refractivity contribution is 6.30. The summed E-state index contributed by atoms with van der Waals surface area (Å²) in [5.41, 5.74) is 0.889. The zero-order valence-corrected chi connectivity index (χ0v) is 16.8. The molecule has 0 fully saturated rings. The van der Waals surface area contributed by atoms with E-state index in [9.17, 15) is 30.7 Å². The van der Waals surface area contributed by atoms with E-state index in [0.29, 0.717) is 22.4 Å². The van der Waals surface area contributed by atoms with Crippen LogP contribution in [0, 0.1) is 11.6 Å². The van der Waals surface area contributed by atoms with Crippen molar-refractivity contribution in [3.63, 3.8) is 0 Å². The van der Waals surface area contributed by atoms with E-state index in [4.69, 9.17) is 11.6 Å². The third kappa shape index (κ3) is 7.57. The van der Waals surface area contributed by atoms with E-state index >= 15 is 0 Å². The molecule has 0 aliphatic heterocycles. The van der Waals surface area contributed by atoms with Gasteiger partial charge in [-0.3, -0.25) is 4.98 Å². The van der Waals surface area contributed by atoms with Crippen LogP contribution in [-0.2, 0) is 11.2 Å². The second-order valence-corrected chi connectivity index (χ2v) is 7.03. The van der Waals surface area contributed by atoms with E-state index in [1.165, 1.54) is 12.3 Å². The van der Waals surface area contributed by atoms with Crippen molar-refractivity contribution in [2.75, 3.05) is 0 Å². The summed E-state index contributed by atoms with van der Waals surface area (Å²) in [6.45, 7) is 0.906. The molecule has 0 saturated carbocycles. The van der Waals surface area contributed by atoms with Gasteiger partial charge in [0.25, 0.3) is 0 Å². The lowest BCUT2D eigenvalue weighted by molar-refractivity contribution is -0.281. The smallest absolute Gasteiger partial charge is 0.433 e. The van der Waals surface area contributed by atoms with Crippen LogP contribution < -0.4 is 0 Å². The van der Waals surface area contributed by atoms with Gasteiger partial charge in [-0.05, 0) is 55.7 Å². The van der Waals surface area contributed by atoms with Crippen molar-refractivity contribution in [2.24, 2.45) is 0 Å². The Bertz CT molecular complexity index is 945. The molecule has 1 atom stereocenters. The van der Waals surface area contributed by atoms with Crippen molar-refractivity contribution in [3.8, 4) is 0 Å². The molecule has 1 unspecified atom stereocenters. The van der Waals surface area contributed by atoms with Crippen LogP contribution in [0.25, 0.3) is 0 Å². The molecule has 2 aromatic rings. The molecule has 168 valence electrons. The normalized spacial score (nSPS) is 14.1. The average Bonchev–Trinajstić information content (AvgIpc) is 2.68. The van der Waals surface area contributed by atoms with Gasteiger partial charge in [-0.15, -0.1) is 0 Å². The minimum Gasteiger partial charge on any atom is -0.433 e. The fourth-order valence-corrected chi connectivity index (χ4v) is 2.80. The molecular formula is C21H17ClF7NO. The lowest BCUT2D eigenvalue weighted by Crippen LogP contribution is -2.29. The maximum atomic E-state index is 14.1. The second kappa shape index (κ2) is 10.7. The topological polar surface area (TPSA) is 22.1 Å². The zero-order chi connectivity index (χ0) is 23.2. The number of hydrogen-bond donors (Lipinski definition) is 0. The Morgan fingerprint density at radius 2 is 1.87 bits per heavy atom. The van der Waals surface area contributed by atoms with Gasteiger partial charge >= 0.3 is 12.5 Å². The molecule has 0 amide bonds. The number of nitrogens with zero attached hydrogens (tertiary/aromatic N) is 1. The molecular weight excluding hydrogens is 451 g/mol. The fourth-order valence-electron chi connectivity index (χ4n) is 2.69. The molecule has 0 spiro atoms. The largest absolute Gasteiger partial charge is 0.460 e. The summed E-state index contributed by atoms with van der Waals surface area (Å²) in [7, 11) is 0. The van der Waals surface area contributed by atoms with Gasteiger partial charge in [-0.2, -0.15) is 17.6 Å². The summed E-state index contributed by atoms with van der Waals surface area (Å²) >= 11 is 5.81. The molecule has 31 heavy (non-hydrogen) atoms. The molecule has 0 aliphatic rings. The second-order valence-electron chi connectivity index (χ2n) is 6.60. The van der Waals surface area contributed by atoms with Gasteiger partial charge in [0.2, 0.25) is 0 Å². The summed E-state index contributed by atoms with van der Waals surface area (Å²) in [5, 5.41) is 0.354. The van der Waals surface area contributed by atoms with E-state index in [1.807, 2.05) is 0 Å². The lowest BCUT2D eigenvalue weighted by Gasteiger charge is -2.17. The summed E-state index contributed by atoms with van der Waals surface area (Å²) in [4.78, 5) is 4.15.